The number of aromatic hydroxyl groups is 1. The zero-order chi connectivity index (χ0) is 37.7. The lowest BCUT2D eigenvalue weighted by atomic mass is 9.72. The van der Waals surface area contributed by atoms with Crippen molar-refractivity contribution in [2.45, 2.75) is 164 Å². The van der Waals surface area contributed by atoms with Crippen molar-refractivity contribution >= 4 is 11.9 Å². The molecular formula is C46H72O5. The maximum absolute atomic E-state index is 12.0. The van der Waals surface area contributed by atoms with Crippen LogP contribution in [0.1, 0.15) is 174 Å². The first kappa shape index (κ1) is 45.7. The predicted molar refractivity (Wildman–Crippen MR) is 216 cm³/mol. The van der Waals surface area contributed by atoms with Crippen LogP contribution in [0.3, 0.4) is 0 Å². The summed E-state index contributed by atoms with van der Waals surface area (Å²) in [6.07, 6.45) is 35.1. The van der Waals surface area contributed by atoms with Gasteiger partial charge in [-0.2, -0.15) is 0 Å². The molecule has 0 spiro atoms. The largest absolute Gasteiger partial charge is 0.508 e. The van der Waals surface area contributed by atoms with Crippen LogP contribution in [-0.4, -0.2) is 30.3 Å². The van der Waals surface area contributed by atoms with Crippen LogP contribution in [0.2, 0.25) is 0 Å². The van der Waals surface area contributed by atoms with Crippen LogP contribution in [-0.2, 0) is 14.3 Å². The smallest absolute Gasteiger partial charge is 0.338 e. The predicted octanol–water partition coefficient (Wildman–Crippen LogP) is 13.5. The van der Waals surface area contributed by atoms with E-state index in [4.69, 9.17) is 14.6 Å². The van der Waals surface area contributed by atoms with Gasteiger partial charge in [0.15, 0.2) is 0 Å². The van der Waals surface area contributed by atoms with Gasteiger partial charge in [0.2, 0.25) is 0 Å². The molecule has 0 aromatic heterocycles. The third-order valence-corrected chi connectivity index (χ3v) is 9.45. The van der Waals surface area contributed by atoms with Crippen LogP contribution < -0.4 is 0 Å². The molecule has 1 aliphatic rings. The van der Waals surface area contributed by atoms with E-state index >= 15 is 0 Å². The van der Waals surface area contributed by atoms with Gasteiger partial charge in [-0.1, -0.05) is 152 Å². The van der Waals surface area contributed by atoms with Crippen molar-refractivity contribution in [3.63, 3.8) is 0 Å². The van der Waals surface area contributed by atoms with Crippen LogP contribution in [0.15, 0.2) is 83.0 Å². The van der Waals surface area contributed by atoms with Crippen LogP contribution in [0.5, 0.6) is 5.75 Å². The second-order valence-corrected chi connectivity index (χ2v) is 14.8. The molecule has 0 amide bonds. The Hall–Kier alpha value is -3.34. The van der Waals surface area contributed by atoms with E-state index in [9.17, 15) is 9.59 Å². The minimum absolute atomic E-state index is 0.0720. The van der Waals surface area contributed by atoms with Crippen molar-refractivity contribution in [3.8, 4) is 5.75 Å². The molecular weight excluding hydrogens is 633 g/mol. The summed E-state index contributed by atoms with van der Waals surface area (Å²) in [5, 5.41) is 8.96. The van der Waals surface area contributed by atoms with Gasteiger partial charge in [0.1, 0.15) is 12.4 Å². The molecule has 1 aromatic rings. The zero-order valence-corrected chi connectivity index (χ0v) is 33.5. The Labute approximate surface area is 312 Å². The number of carbonyl (C=O) groups is 2. The van der Waals surface area contributed by atoms with Gasteiger partial charge in [-0.25, -0.2) is 4.79 Å². The number of rotatable bonds is 23. The topological polar surface area (TPSA) is 72.8 Å². The van der Waals surface area contributed by atoms with E-state index in [2.05, 4.69) is 71.9 Å². The highest BCUT2D eigenvalue weighted by Gasteiger charge is 2.26. The van der Waals surface area contributed by atoms with Crippen molar-refractivity contribution in [2.75, 3.05) is 13.2 Å². The molecule has 0 atom stereocenters. The van der Waals surface area contributed by atoms with Crippen LogP contribution in [0.4, 0.5) is 0 Å². The van der Waals surface area contributed by atoms with Crippen LogP contribution in [0.25, 0.3) is 0 Å². The van der Waals surface area contributed by atoms with E-state index in [1.165, 1.54) is 131 Å². The molecule has 0 saturated carbocycles. The van der Waals surface area contributed by atoms with Crippen molar-refractivity contribution in [1.82, 2.24) is 0 Å². The SMILES string of the molecule is CCCCCCCCCCCCCCCC(=O)OC/C=C(C)/C=C/C=C(C)/C=C/C1=C(C)CCCC1(C)C.CCCOC(=O)c1ccc(O)cc1. The number of esters is 2. The monoisotopic (exact) mass is 705 g/mol. The van der Waals surface area contributed by atoms with Gasteiger partial charge in [-0.3, -0.25) is 4.79 Å². The lowest BCUT2D eigenvalue weighted by Crippen LogP contribution is -2.19. The number of ether oxygens (including phenoxy) is 2. The maximum Gasteiger partial charge on any atom is 0.338 e. The fraction of sp³-hybridized carbons (Fsp3) is 0.609. The van der Waals surface area contributed by atoms with Gasteiger partial charge in [0, 0.05) is 6.42 Å². The lowest BCUT2D eigenvalue weighted by molar-refractivity contribution is -0.142. The Morgan fingerprint density at radius 1 is 0.784 bits per heavy atom. The Balaban J connectivity index is 0.000000833. The minimum atomic E-state index is -0.346. The molecule has 2 rings (SSSR count). The van der Waals surface area contributed by atoms with Gasteiger partial charge in [-0.15, -0.1) is 0 Å². The lowest BCUT2D eigenvalue weighted by Gasteiger charge is -2.32. The summed E-state index contributed by atoms with van der Waals surface area (Å²) in [4.78, 5) is 23.2. The van der Waals surface area contributed by atoms with Crippen LogP contribution in [0, 0.1) is 5.41 Å². The van der Waals surface area contributed by atoms with Crippen molar-refractivity contribution in [1.29, 1.82) is 0 Å². The van der Waals surface area contributed by atoms with E-state index in [-0.39, 0.29) is 23.1 Å². The number of phenols is 1. The van der Waals surface area contributed by atoms with Crippen molar-refractivity contribution in [2.24, 2.45) is 5.41 Å². The first-order valence-corrected chi connectivity index (χ1v) is 20.0. The molecule has 1 aliphatic carbocycles. The summed E-state index contributed by atoms with van der Waals surface area (Å²) < 4.78 is 10.3. The van der Waals surface area contributed by atoms with Crippen molar-refractivity contribution < 1.29 is 24.2 Å². The molecule has 0 saturated heterocycles. The van der Waals surface area contributed by atoms with E-state index in [0.29, 0.717) is 25.2 Å². The van der Waals surface area contributed by atoms with E-state index in [1.54, 1.807) is 0 Å². The highest BCUT2D eigenvalue weighted by atomic mass is 16.5. The second-order valence-electron chi connectivity index (χ2n) is 14.8. The van der Waals surface area contributed by atoms with E-state index < -0.39 is 0 Å². The van der Waals surface area contributed by atoms with Crippen molar-refractivity contribution in [3.05, 3.63) is 88.6 Å². The molecule has 5 nitrogen and oxygen atoms in total. The third-order valence-electron chi connectivity index (χ3n) is 9.45. The Morgan fingerprint density at radius 2 is 1.37 bits per heavy atom. The van der Waals surface area contributed by atoms with Gasteiger partial charge >= 0.3 is 11.9 Å². The summed E-state index contributed by atoms with van der Waals surface area (Å²) >= 11 is 0. The zero-order valence-electron chi connectivity index (χ0n) is 33.5. The van der Waals surface area contributed by atoms with Gasteiger partial charge in [0.05, 0.1) is 12.2 Å². The molecule has 5 heteroatoms. The Kier molecular flexibility index (Phi) is 25.3. The molecule has 51 heavy (non-hydrogen) atoms. The number of benzene rings is 1. The maximum atomic E-state index is 12.0. The highest BCUT2D eigenvalue weighted by Crippen LogP contribution is 2.40. The minimum Gasteiger partial charge on any atom is -0.508 e. The molecule has 0 heterocycles. The summed E-state index contributed by atoms with van der Waals surface area (Å²) in [5.41, 5.74) is 6.11. The summed E-state index contributed by atoms with van der Waals surface area (Å²) in [5.74, 6) is -0.272. The molecule has 0 unspecified atom stereocenters. The van der Waals surface area contributed by atoms with E-state index in [1.807, 2.05) is 13.0 Å². The average Bonchev–Trinajstić information content (AvgIpc) is 3.09. The quantitative estimate of drug-likeness (QED) is 0.0697. The summed E-state index contributed by atoms with van der Waals surface area (Å²) in [7, 11) is 0. The summed E-state index contributed by atoms with van der Waals surface area (Å²) in [6.45, 7) is 16.2. The fourth-order valence-electron chi connectivity index (χ4n) is 6.20. The number of hydrogen-bond acceptors (Lipinski definition) is 5. The molecule has 0 radical (unpaired) electrons. The van der Waals surface area contributed by atoms with E-state index in [0.717, 1.165) is 24.8 Å². The number of phenolic OH excluding ortho intramolecular Hbond substituents is 1. The molecule has 0 bridgehead atoms. The Morgan fingerprint density at radius 3 is 1.94 bits per heavy atom. The average molecular weight is 705 g/mol. The second kappa shape index (κ2) is 28.3. The van der Waals surface area contributed by atoms with Gasteiger partial charge in [-0.05, 0) is 94.2 Å². The molecule has 0 fully saturated rings. The number of hydrogen-bond donors (Lipinski definition) is 1. The first-order chi connectivity index (χ1) is 24.5. The van der Waals surface area contributed by atoms with Crippen LogP contribution >= 0.6 is 0 Å². The molecule has 286 valence electrons. The standard InChI is InChI=1S/C36H60O2.C10H12O3/c1-7-8-9-10-11-12-13-14-15-16-17-18-19-25-35(37)38-30-28-32(3)23-20-22-31(2)26-27-34-33(4)24-21-29-36(34,5)6;1-2-7-13-10(12)8-3-5-9(11)6-4-8/h20,22-23,26-28H,7-19,21,24-25,29-30H2,1-6H3;3-6,11H,2,7H2,1H3/b23-20+,27-26+,31-22+,32-28+;. The Bertz CT molecular complexity index is 1260. The first-order valence-electron chi connectivity index (χ1n) is 20.0. The van der Waals surface area contributed by atoms with Gasteiger partial charge in [0.25, 0.3) is 0 Å². The number of unbranched alkanes of at least 4 members (excludes halogenated alkanes) is 12. The third kappa shape index (κ3) is 23.0. The van der Waals surface area contributed by atoms with Gasteiger partial charge < -0.3 is 14.6 Å². The fourth-order valence-corrected chi connectivity index (χ4v) is 6.20. The number of allylic oxidation sites excluding steroid dienone is 9. The normalized spacial score (nSPS) is 14.9. The molecule has 0 aliphatic heterocycles. The highest BCUT2D eigenvalue weighted by molar-refractivity contribution is 5.89. The summed E-state index contributed by atoms with van der Waals surface area (Å²) in [6, 6.07) is 5.99. The number of carbonyl (C=O) groups excluding carboxylic acids is 2. The molecule has 1 aromatic carbocycles. The molecule has 1 N–H and O–H groups in total.